The summed E-state index contributed by atoms with van der Waals surface area (Å²) in [6.07, 6.45) is 1.25. The van der Waals surface area contributed by atoms with E-state index in [9.17, 15) is 0 Å². The molecule has 106 valence electrons. The molecule has 1 fully saturated rings. The molecule has 2 heterocycles. The van der Waals surface area contributed by atoms with Gasteiger partial charge in [-0.2, -0.15) is 5.26 Å². The Morgan fingerprint density at radius 3 is 2.30 bits per heavy atom. The molecular formula is C15H21BN2O2. The van der Waals surface area contributed by atoms with Crippen molar-refractivity contribution in [3.8, 4) is 6.07 Å². The Morgan fingerprint density at radius 1 is 1.20 bits per heavy atom. The highest BCUT2D eigenvalue weighted by Gasteiger charge is 2.52. The Kier molecular flexibility index (Phi) is 3.90. The number of aryl methyl sites for hydroxylation is 2. The Bertz CT molecular complexity index is 533. The van der Waals surface area contributed by atoms with Gasteiger partial charge in [0, 0.05) is 12.1 Å². The minimum atomic E-state index is -0.427. The molecule has 0 amide bonds. The lowest BCUT2D eigenvalue weighted by atomic mass is 9.83. The van der Waals surface area contributed by atoms with Gasteiger partial charge in [-0.3, -0.25) is 4.98 Å². The van der Waals surface area contributed by atoms with Crippen molar-refractivity contribution in [2.75, 3.05) is 0 Å². The van der Waals surface area contributed by atoms with Crippen LogP contribution in [0.4, 0.5) is 0 Å². The highest BCUT2D eigenvalue weighted by molar-refractivity contribution is 6.61. The van der Waals surface area contributed by atoms with Crippen LogP contribution in [-0.2, 0) is 15.7 Å². The lowest BCUT2D eigenvalue weighted by Crippen LogP contribution is -2.41. The second kappa shape index (κ2) is 5.19. The van der Waals surface area contributed by atoms with E-state index < -0.39 is 7.12 Å². The molecule has 0 bridgehead atoms. The zero-order valence-electron chi connectivity index (χ0n) is 12.9. The molecule has 4 nitrogen and oxygen atoms in total. The molecule has 2 rings (SSSR count). The number of nitrogens with zero attached hydrogens (tertiary/aromatic N) is 2. The molecule has 1 aromatic rings. The SMILES string of the molecule is Cc1nc(B2OC(C)(C)C(C)(C)O2)ccc1CCC#N. The van der Waals surface area contributed by atoms with Crippen LogP contribution in [-0.4, -0.2) is 23.3 Å². The number of pyridine rings is 1. The van der Waals surface area contributed by atoms with Crippen molar-refractivity contribution >= 4 is 12.7 Å². The summed E-state index contributed by atoms with van der Waals surface area (Å²) < 4.78 is 12.0. The van der Waals surface area contributed by atoms with E-state index in [0.29, 0.717) is 6.42 Å². The highest BCUT2D eigenvalue weighted by atomic mass is 16.7. The number of hydrogen-bond acceptors (Lipinski definition) is 4. The third kappa shape index (κ3) is 2.72. The van der Waals surface area contributed by atoms with Crippen LogP contribution < -0.4 is 5.59 Å². The van der Waals surface area contributed by atoms with Crippen molar-refractivity contribution in [3.05, 3.63) is 23.4 Å². The third-order valence-corrected chi connectivity index (χ3v) is 4.22. The molecule has 1 saturated heterocycles. The van der Waals surface area contributed by atoms with Crippen molar-refractivity contribution in [1.82, 2.24) is 4.98 Å². The maximum Gasteiger partial charge on any atom is 0.514 e. The molecule has 0 N–H and O–H groups in total. The quantitative estimate of drug-likeness (QED) is 0.791. The van der Waals surface area contributed by atoms with Crippen LogP contribution in [0.25, 0.3) is 0 Å². The molecule has 0 aromatic carbocycles. The number of aromatic nitrogens is 1. The van der Waals surface area contributed by atoms with E-state index >= 15 is 0 Å². The number of hydrogen-bond donors (Lipinski definition) is 0. The van der Waals surface area contributed by atoms with Crippen LogP contribution in [0.1, 0.15) is 45.4 Å². The number of nitriles is 1. The molecule has 20 heavy (non-hydrogen) atoms. The van der Waals surface area contributed by atoms with Crippen LogP contribution in [0.2, 0.25) is 0 Å². The van der Waals surface area contributed by atoms with Gasteiger partial charge in [0.25, 0.3) is 0 Å². The van der Waals surface area contributed by atoms with Crippen LogP contribution in [0.5, 0.6) is 0 Å². The monoisotopic (exact) mass is 272 g/mol. The zero-order chi connectivity index (χ0) is 15.0. The largest absolute Gasteiger partial charge is 0.514 e. The van der Waals surface area contributed by atoms with Crippen molar-refractivity contribution in [3.63, 3.8) is 0 Å². The van der Waals surface area contributed by atoms with Crippen LogP contribution >= 0.6 is 0 Å². The summed E-state index contributed by atoms with van der Waals surface area (Å²) >= 11 is 0. The minimum absolute atomic E-state index is 0.354. The Balaban J connectivity index is 2.20. The van der Waals surface area contributed by atoms with E-state index in [-0.39, 0.29) is 11.2 Å². The van der Waals surface area contributed by atoms with Crippen LogP contribution in [0, 0.1) is 18.3 Å². The van der Waals surface area contributed by atoms with E-state index in [1.807, 2.05) is 46.8 Å². The number of rotatable bonds is 3. The summed E-state index contributed by atoms with van der Waals surface area (Å²) in [6.45, 7) is 10.1. The fourth-order valence-electron chi connectivity index (χ4n) is 2.16. The average Bonchev–Trinajstić information content (AvgIpc) is 2.57. The Hall–Kier alpha value is -1.38. The second-order valence-corrected chi connectivity index (χ2v) is 6.23. The molecule has 0 spiro atoms. The molecule has 5 heteroatoms. The Labute approximate surface area is 121 Å². The predicted molar refractivity (Wildman–Crippen MR) is 78.6 cm³/mol. The van der Waals surface area contributed by atoms with Crippen molar-refractivity contribution in [2.24, 2.45) is 0 Å². The van der Waals surface area contributed by atoms with Gasteiger partial charge in [-0.1, -0.05) is 6.07 Å². The molecule has 1 aromatic heterocycles. The van der Waals surface area contributed by atoms with Crippen LogP contribution in [0.3, 0.4) is 0 Å². The summed E-state index contributed by atoms with van der Waals surface area (Å²) in [5.41, 5.74) is 2.13. The Morgan fingerprint density at radius 2 is 1.80 bits per heavy atom. The van der Waals surface area contributed by atoms with E-state index in [2.05, 4.69) is 11.1 Å². The third-order valence-electron chi connectivity index (χ3n) is 4.22. The second-order valence-electron chi connectivity index (χ2n) is 6.23. The smallest absolute Gasteiger partial charge is 0.398 e. The standard InChI is InChI=1S/C15H21BN2O2/c1-11-12(7-6-10-17)8-9-13(18-11)16-19-14(2,3)15(4,5)20-16/h8-9H,6-7H2,1-5H3. The maximum atomic E-state index is 8.65. The summed E-state index contributed by atoms with van der Waals surface area (Å²) in [7, 11) is -0.427. The first kappa shape index (κ1) is 15.0. The first-order chi connectivity index (χ1) is 9.27. The lowest BCUT2D eigenvalue weighted by Gasteiger charge is -2.32. The molecule has 1 aliphatic rings. The summed E-state index contributed by atoms with van der Waals surface area (Å²) in [6, 6.07) is 6.10. The molecule has 0 saturated carbocycles. The summed E-state index contributed by atoms with van der Waals surface area (Å²) in [5.74, 6) is 0. The molecule has 1 aliphatic heterocycles. The van der Waals surface area contributed by atoms with Crippen molar-refractivity contribution < 1.29 is 9.31 Å². The van der Waals surface area contributed by atoms with Gasteiger partial charge >= 0.3 is 7.12 Å². The van der Waals surface area contributed by atoms with Crippen molar-refractivity contribution in [2.45, 2.75) is 58.7 Å². The van der Waals surface area contributed by atoms with Gasteiger partial charge in [0.05, 0.1) is 22.9 Å². The topological polar surface area (TPSA) is 55.1 Å². The fraction of sp³-hybridized carbons (Fsp3) is 0.600. The highest BCUT2D eigenvalue weighted by Crippen LogP contribution is 2.36. The zero-order valence-corrected chi connectivity index (χ0v) is 12.9. The van der Waals surface area contributed by atoms with Gasteiger partial charge in [0.2, 0.25) is 0 Å². The minimum Gasteiger partial charge on any atom is -0.398 e. The van der Waals surface area contributed by atoms with E-state index in [1.165, 1.54) is 0 Å². The van der Waals surface area contributed by atoms with Gasteiger partial charge in [-0.15, -0.1) is 0 Å². The maximum absolute atomic E-state index is 8.65. The van der Waals surface area contributed by atoms with E-state index in [4.69, 9.17) is 14.6 Å². The first-order valence-corrected chi connectivity index (χ1v) is 6.96. The van der Waals surface area contributed by atoms with Gasteiger partial charge in [-0.05, 0) is 52.7 Å². The summed E-state index contributed by atoms with van der Waals surface area (Å²) in [5, 5.41) is 8.65. The van der Waals surface area contributed by atoms with E-state index in [1.54, 1.807) is 0 Å². The van der Waals surface area contributed by atoms with Crippen LogP contribution in [0.15, 0.2) is 12.1 Å². The lowest BCUT2D eigenvalue weighted by molar-refractivity contribution is 0.00578. The van der Waals surface area contributed by atoms with Gasteiger partial charge in [0.1, 0.15) is 0 Å². The average molecular weight is 272 g/mol. The molecule has 0 atom stereocenters. The van der Waals surface area contributed by atoms with Crippen molar-refractivity contribution in [1.29, 1.82) is 5.26 Å². The molecule has 0 radical (unpaired) electrons. The predicted octanol–water partition coefficient (Wildman–Crippen LogP) is 2.15. The van der Waals surface area contributed by atoms with E-state index in [0.717, 1.165) is 23.3 Å². The first-order valence-electron chi connectivity index (χ1n) is 6.96. The molecule has 0 aliphatic carbocycles. The van der Waals surface area contributed by atoms with Gasteiger partial charge in [-0.25, -0.2) is 0 Å². The fourth-order valence-corrected chi connectivity index (χ4v) is 2.16. The van der Waals surface area contributed by atoms with Gasteiger partial charge in [0.15, 0.2) is 0 Å². The van der Waals surface area contributed by atoms with Gasteiger partial charge < -0.3 is 9.31 Å². The molecule has 0 unspecified atom stereocenters. The normalized spacial score (nSPS) is 19.9. The summed E-state index contributed by atoms with van der Waals surface area (Å²) in [4.78, 5) is 4.58. The molecular weight excluding hydrogens is 251 g/mol.